The van der Waals surface area contributed by atoms with Gasteiger partial charge in [-0.05, 0) is 18.2 Å². The minimum atomic E-state index is -4.20. The van der Waals surface area contributed by atoms with Crippen LogP contribution in [-0.4, -0.2) is 19.8 Å². The molecule has 0 spiro atoms. The average Bonchev–Trinajstić information content (AvgIpc) is 2.24. The van der Waals surface area contributed by atoms with Crippen LogP contribution in [0.15, 0.2) is 18.2 Å². The summed E-state index contributed by atoms with van der Waals surface area (Å²) >= 11 is 0. The van der Waals surface area contributed by atoms with E-state index in [0.29, 0.717) is 11.4 Å². The van der Waals surface area contributed by atoms with Gasteiger partial charge in [-0.3, -0.25) is 0 Å². The standard InChI is InChI=1S/C11H12F3N3/c1-17(5-4-11(12,13)14)10-3-2-9(16)6-8(10)7-15/h2-3,6H,4-5,16H2,1H3. The second-order valence-electron chi connectivity index (χ2n) is 3.68. The van der Waals surface area contributed by atoms with E-state index in [1.165, 1.54) is 18.0 Å². The molecule has 0 aliphatic heterocycles. The molecule has 6 heteroatoms. The molecular formula is C11H12F3N3. The number of nitrogens with zero attached hydrogens (tertiary/aromatic N) is 2. The number of nitrogens with two attached hydrogens (primary N) is 1. The fraction of sp³-hybridized carbons (Fsp3) is 0.364. The van der Waals surface area contributed by atoms with Gasteiger partial charge in [-0.1, -0.05) is 0 Å². The predicted molar refractivity (Wildman–Crippen MR) is 59.5 cm³/mol. The zero-order valence-electron chi connectivity index (χ0n) is 9.25. The van der Waals surface area contributed by atoms with E-state index in [2.05, 4.69) is 0 Å². The van der Waals surface area contributed by atoms with Crippen molar-refractivity contribution in [2.45, 2.75) is 12.6 Å². The summed E-state index contributed by atoms with van der Waals surface area (Å²) in [4.78, 5) is 1.39. The molecule has 0 atom stereocenters. The summed E-state index contributed by atoms with van der Waals surface area (Å²) in [6, 6.07) is 6.46. The van der Waals surface area contributed by atoms with E-state index in [4.69, 9.17) is 11.0 Å². The number of benzene rings is 1. The number of alkyl halides is 3. The number of hydrogen-bond acceptors (Lipinski definition) is 3. The van der Waals surface area contributed by atoms with Crippen molar-refractivity contribution in [3.05, 3.63) is 23.8 Å². The number of nitrogen functional groups attached to an aromatic ring is 1. The molecule has 0 amide bonds. The lowest BCUT2D eigenvalue weighted by Gasteiger charge is -2.21. The van der Waals surface area contributed by atoms with Gasteiger partial charge in [0.2, 0.25) is 0 Å². The van der Waals surface area contributed by atoms with Crippen LogP contribution in [0.25, 0.3) is 0 Å². The van der Waals surface area contributed by atoms with Crippen LogP contribution in [-0.2, 0) is 0 Å². The molecule has 0 aliphatic carbocycles. The highest BCUT2D eigenvalue weighted by atomic mass is 19.4. The van der Waals surface area contributed by atoms with Crippen molar-refractivity contribution in [2.24, 2.45) is 0 Å². The Bertz CT molecular complexity index is 435. The summed E-state index contributed by atoms with van der Waals surface area (Å²) in [6.07, 6.45) is -5.12. The zero-order valence-corrected chi connectivity index (χ0v) is 9.25. The summed E-state index contributed by atoms with van der Waals surface area (Å²) in [5.74, 6) is 0. The fourth-order valence-electron chi connectivity index (χ4n) is 1.39. The van der Waals surface area contributed by atoms with E-state index in [0.717, 1.165) is 0 Å². The van der Waals surface area contributed by atoms with E-state index >= 15 is 0 Å². The van der Waals surface area contributed by atoms with Crippen molar-refractivity contribution in [1.82, 2.24) is 0 Å². The molecule has 1 rings (SSSR count). The molecule has 0 saturated heterocycles. The van der Waals surface area contributed by atoms with Crippen molar-refractivity contribution in [3.63, 3.8) is 0 Å². The molecule has 0 saturated carbocycles. The van der Waals surface area contributed by atoms with Gasteiger partial charge in [0.15, 0.2) is 0 Å². The van der Waals surface area contributed by atoms with Gasteiger partial charge in [0.05, 0.1) is 17.7 Å². The maximum absolute atomic E-state index is 12.1. The Kier molecular flexibility index (Phi) is 3.84. The Morgan fingerprint density at radius 1 is 1.41 bits per heavy atom. The Balaban J connectivity index is 2.83. The third-order valence-corrected chi connectivity index (χ3v) is 2.28. The zero-order chi connectivity index (χ0) is 13.1. The number of rotatable bonds is 3. The van der Waals surface area contributed by atoms with Crippen molar-refractivity contribution >= 4 is 11.4 Å². The van der Waals surface area contributed by atoms with Gasteiger partial charge >= 0.3 is 6.18 Å². The molecule has 0 unspecified atom stereocenters. The van der Waals surface area contributed by atoms with Crippen molar-refractivity contribution in [1.29, 1.82) is 5.26 Å². The van der Waals surface area contributed by atoms with Gasteiger partial charge in [-0.25, -0.2) is 0 Å². The van der Waals surface area contributed by atoms with Crippen LogP contribution in [0.3, 0.4) is 0 Å². The first-order valence-corrected chi connectivity index (χ1v) is 4.91. The van der Waals surface area contributed by atoms with Gasteiger partial charge in [0.1, 0.15) is 6.07 Å². The first-order chi connectivity index (χ1) is 7.83. The largest absolute Gasteiger partial charge is 0.399 e. The number of anilines is 2. The monoisotopic (exact) mass is 243 g/mol. The van der Waals surface area contributed by atoms with E-state index in [1.54, 1.807) is 12.1 Å². The van der Waals surface area contributed by atoms with Crippen molar-refractivity contribution < 1.29 is 13.2 Å². The maximum atomic E-state index is 12.1. The lowest BCUT2D eigenvalue weighted by Crippen LogP contribution is -2.24. The highest BCUT2D eigenvalue weighted by Gasteiger charge is 2.27. The molecule has 0 heterocycles. The highest BCUT2D eigenvalue weighted by molar-refractivity contribution is 5.64. The molecule has 3 nitrogen and oxygen atoms in total. The summed E-state index contributed by atoms with van der Waals surface area (Å²) in [5.41, 5.74) is 6.63. The van der Waals surface area contributed by atoms with Gasteiger partial charge in [-0.15, -0.1) is 0 Å². The van der Waals surface area contributed by atoms with Gasteiger partial charge in [-0.2, -0.15) is 18.4 Å². The van der Waals surface area contributed by atoms with Crippen LogP contribution in [0.2, 0.25) is 0 Å². The number of hydrogen-bond donors (Lipinski definition) is 1. The summed E-state index contributed by atoms with van der Waals surface area (Å²) in [5, 5.41) is 8.87. The maximum Gasteiger partial charge on any atom is 0.390 e. The number of halogens is 3. The molecule has 2 N–H and O–H groups in total. The Hall–Kier alpha value is -1.90. The summed E-state index contributed by atoms with van der Waals surface area (Å²) in [6.45, 7) is -0.192. The minimum Gasteiger partial charge on any atom is -0.399 e. The average molecular weight is 243 g/mol. The molecule has 0 aromatic heterocycles. The van der Waals surface area contributed by atoms with Crippen LogP contribution >= 0.6 is 0 Å². The van der Waals surface area contributed by atoms with Gasteiger partial charge < -0.3 is 10.6 Å². The molecule has 0 radical (unpaired) electrons. The van der Waals surface area contributed by atoms with E-state index in [-0.39, 0.29) is 12.1 Å². The van der Waals surface area contributed by atoms with Crippen LogP contribution in [0.4, 0.5) is 24.5 Å². The molecule has 92 valence electrons. The molecule has 1 aromatic rings. The SMILES string of the molecule is CN(CCC(F)(F)F)c1ccc(N)cc1C#N. The first kappa shape index (κ1) is 13.2. The van der Waals surface area contributed by atoms with Gasteiger partial charge in [0.25, 0.3) is 0 Å². The molecule has 0 aliphatic rings. The van der Waals surface area contributed by atoms with E-state index in [9.17, 15) is 13.2 Å². The summed E-state index contributed by atoms with van der Waals surface area (Å²) in [7, 11) is 1.51. The third kappa shape index (κ3) is 3.87. The predicted octanol–water partition coefficient (Wildman–Crippen LogP) is 2.53. The highest BCUT2D eigenvalue weighted by Crippen LogP contribution is 2.24. The second-order valence-corrected chi connectivity index (χ2v) is 3.68. The normalized spacial score (nSPS) is 11.0. The molecule has 1 aromatic carbocycles. The van der Waals surface area contributed by atoms with Crippen LogP contribution in [0, 0.1) is 11.3 Å². The van der Waals surface area contributed by atoms with E-state index in [1.807, 2.05) is 6.07 Å². The first-order valence-electron chi connectivity index (χ1n) is 4.91. The third-order valence-electron chi connectivity index (χ3n) is 2.28. The minimum absolute atomic E-state index is 0.192. The van der Waals surface area contributed by atoms with Crippen molar-refractivity contribution in [2.75, 3.05) is 24.2 Å². The lowest BCUT2D eigenvalue weighted by molar-refractivity contribution is -0.132. The summed E-state index contributed by atoms with van der Waals surface area (Å²) < 4.78 is 36.2. The molecule has 17 heavy (non-hydrogen) atoms. The van der Waals surface area contributed by atoms with Crippen LogP contribution in [0.5, 0.6) is 0 Å². The van der Waals surface area contributed by atoms with Crippen LogP contribution in [0.1, 0.15) is 12.0 Å². The molecular weight excluding hydrogens is 231 g/mol. The van der Waals surface area contributed by atoms with E-state index < -0.39 is 12.6 Å². The van der Waals surface area contributed by atoms with Gasteiger partial charge in [0, 0.05) is 19.3 Å². The fourth-order valence-corrected chi connectivity index (χ4v) is 1.39. The van der Waals surface area contributed by atoms with Crippen LogP contribution < -0.4 is 10.6 Å². The second kappa shape index (κ2) is 4.95. The molecule has 0 fully saturated rings. The number of nitriles is 1. The Morgan fingerprint density at radius 2 is 2.06 bits per heavy atom. The lowest BCUT2D eigenvalue weighted by atomic mass is 10.1. The molecule has 0 bridgehead atoms. The Morgan fingerprint density at radius 3 is 2.59 bits per heavy atom. The van der Waals surface area contributed by atoms with Crippen molar-refractivity contribution in [3.8, 4) is 6.07 Å². The smallest absolute Gasteiger partial charge is 0.390 e. The quantitative estimate of drug-likeness (QED) is 0.830. The Labute approximate surface area is 97.2 Å². The topological polar surface area (TPSA) is 53.0 Å².